The van der Waals surface area contributed by atoms with E-state index in [2.05, 4.69) is 34.5 Å². The molecular formula is C24H31FN4O3S. The topological polar surface area (TPSA) is 73.0 Å². The van der Waals surface area contributed by atoms with Crippen molar-refractivity contribution in [2.75, 3.05) is 45.8 Å². The minimum Gasteiger partial charge on any atom is -0.338 e. The van der Waals surface area contributed by atoms with Gasteiger partial charge in [0.1, 0.15) is 10.7 Å². The SMILES string of the molecule is O=C(NCC1CCCN(Cc2ccccc2)C1)N1CCN(S(=O)(=O)c2ccccc2F)CC1. The Hall–Kier alpha value is -2.49. The quantitative estimate of drug-likeness (QED) is 0.699. The van der Waals surface area contributed by atoms with Crippen LogP contribution in [0.2, 0.25) is 0 Å². The number of likely N-dealkylation sites (tertiary alicyclic amines) is 1. The van der Waals surface area contributed by atoms with E-state index < -0.39 is 15.8 Å². The molecular weight excluding hydrogens is 443 g/mol. The fraction of sp³-hybridized carbons (Fsp3) is 0.458. The van der Waals surface area contributed by atoms with E-state index in [0.29, 0.717) is 12.5 Å². The average molecular weight is 475 g/mol. The number of piperidine rings is 1. The van der Waals surface area contributed by atoms with E-state index in [-0.39, 0.29) is 37.1 Å². The molecule has 0 bridgehead atoms. The van der Waals surface area contributed by atoms with E-state index in [1.54, 1.807) is 4.90 Å². The molecule has 0 spiro atoms. The van der Waals surface area contributed by atoms with Gasteiger partial charge in [0.2, 0.25) is 10.0 Å². The molecule has 2 saturated heterocycles. The van der Waals surface area contributed by atoms with Gasteiger partial charge in [0, 0.05) is 45.8 Å². The van der Waals surface area contributed by atoms with Crippen molar-refractivity contribution < 1.29 is 17.6 Å². The first-order chi connectivity index (χ1) is 15.9. The molecule has 2 aromatic rings. The summed E-state index contributed by atoms with van der Waals surface area (Å²) < 4.78 is 40.7. The number of piperazine rings is 1. The highest BCUT2D eigenvalue weighted by Crippen LogP contribution is 2.21. The molecule has 1 unspecified atom stereocenters. The molecule has 2 heterocycles. The third-order valence-electron chi connectivity index (χ3n) is 6.37. The van der Waals surface area contributed by atoms with Crippen LogP contribution in [-0.2, 0) is 16.6 Å². The predicted molar refractivity (Wildman–Crippen MR) is 125 cm³/mol. The molecule has 9 heteroatoms. The van der Waals surface area contributed by atoms with Crippen LogP contribution in [-0.4, -0.2) is 74.4 Å². The molecule has 1 N–H and O–H groups in total. The summed E-state index contributed by atoms with van der Waals surface area (Å²) in [6.45, 7) is 4.41. The number of urea groups is 1. The maximum Gasteiger partial charge on any atom is 0.317 e. The van der Waals surface area contributed by atoms with Gasteiger partial charge in [-0.3, -0.25) is 4.90 Å². The number of rotatable bonds is 6. The van der Waals surface area contributed by atoms with Crippen LogP contribution in [0, 0.1) is 11.7 Å². The van der Waals surface area contributed by atoms with Crippen molar-refractivity contribution in [3.8, 4) is 0 Å². The van der Waals surface area contributed by atoms with Crippen molar-refractivity contribution >= 4 is 16.1 Å². The standard InChI is InChI=1S/C24H31FN4O3S/c25-22-10-4-5-11-23(22)33(31,32)29-15-13-28(14-16-29)24(30)26-17-21-9-6-12-27(19-21)18-20-7-2-1-3-8-20/h1-5,7-8,10-11,21H,6,9,12-19H2,(H,26,30). The number of carbonyl (C=O) groups is 1. The lowest BCUT2D eigenvalue weighted by Gasteiger charge is -2.35. The second-order valence-corrected chi connectivity index (χ2v) is 10.6. The normalized spacial score (nSPS) is 20.5. The lowest BCUT2D eigenvalue weighted by molar-refractivity contribution is 0.152. The fourth-order valence-corrected chi connectivity index (χ4v) is 6.06. The first-order valence-corrected chi connectivity index (χ1v) is 12.9. The van der Waals surface area contributed by atoms with Crippen LogP contribution < -0.4 is 5.32 Å². The molecule has 0 aromatic heterocycles. The second-order valence-electron chi connectivity index (χ2n) is 8.74. The van der Waals surface area contributed by atoms with Crippen molar-refractivity contribution in [3.05, 3.63) is 66.0 Å². The van der Waals surface area contributed by atoms with E-state index in [1.807, 2.05) is 6.07 Å². The number of carbonyl (C=O) groups excluding carboxylic acids is 1. The first-order valence-electron chi connectivity index (χ1n) is 11.5. The Balaban J connectivity index is 1.24. The maximum absolute atomic E-state index is 14.0. The summed E-state index contributed by atoms with van der Waals surface area (Å²) in [4.78, 5) is 16.4. The van der Waals surface area contributed by atoms with Gasteiger partial charge in [0.25, 0.3) is 0 Å². The van der Waals surface area contributed by atoms with E-state index in [9.17, 15) is 17.6 Å². The zero-order valence-corrected chi connectivity index (χ0v) is 19.5. The van der Waals surface area contributed by atoms with E-state index in [4.69, 9.17) is 0 Å². The molecule has 1 atom stereocenters. The largest absolute Gasteiger partial charge is 0.338 e. The van der Waals surface area contributed by atoms with Gasteiger partial charge in [-0.05, 0) is 43.0 Å². The Kier molecular flexibility index (Phi) is 7.62. The molecule has 2 amide bonds. The van der Waals surface area contributed by atoms with Gasteiger partial charge in [0.05, 0.1) is 0 Å². The lowest BCUT2D eigenvalue weighted by atomic mass is 9.97. The van der Waals surface area contributed by atoms with Gasteiger partial charge in [-0.25, -0.2) is 17.6 Å². The van der Waals surface area contributed by atoms with Crippen LogP contribution in [0.25, 0.3) is 0 Å². The second kappa shape index (κ2) is 10.6. The Morgan fingerprint density at radius 3 is 2.39 bits per heavy atom. The molecule has 178 valence electrons. The van der Waals surface area contributed by atoms with Crippen LogP contribution >= 0.6 is 0 Å². The van der Waals surface area contributed by atoms with E-state index in [0.717, 1.165) is 38.5 Å². The van der Waals surface area contributed by atoms with Crippen molar-refractivity contribution in [2.24, 2.45) is 5.92 Å². The third-order valence-corrected chi connectivity index (χ3v) is 8.31. The Bertz CT molecular complexity index is 1040. The van der Waals surface area contributed by atoms with E-state index in [1.165, 1.54) is 28.1 Å². The molecule has 0 aliphatic carbocycles. The van der Waals surface area contributed by atoms with Crippen LogP contribution in [0.15, 0.2) is 59.5 Å². The number of benzene rings is 2. The molecule has 7 nitrogen and oxygen atoms in total. The van der Waals surface area contributed by atoms with E-state index >= 15 is 0 Å². The predicted octanol–water partition coefficient (Wildman–Crippen LogP) is 2.75. The van der Waals surface area contributed by atoms with Gasteiger partial charge in [-0.15, -0.1) is 0 Å². The fourth-order valence-electron chi connectivity index (χ4n) is 4.57. The van der Waals surface area contributed by atoms with Crippen LogP contribution in [0.5, 0.6) is 0 Å². The van der Waals surface area contributed by atoms with Crippen molar-refractivity contribution in [1.29, 1.82) is 0 Å². The van der Waals surface area contributed by atoms with Gasteiger partial charge in [-0.1, -0.05) is 42.5 Å². The number of hydrogen-bond acceptors (Lipinski definition) is 4. The highest BCUT2D eigenvalue weighted by Gasteiger charge is 2.32. The zero-order chi connectivity index (χ0) is 23.3. The Labute approximate surface area is 195 Å². The zero-order valence-electron chi connectivity index (χ0n) is 18.7. The Morgan fingerprint density at radius 1 is 0.970 bits per heavy atom. The summed E-state index contributed by atoms with van der Waals surface area (Å²) in [5.74, 6) is -0.361. The molecule has 4 rings (SSSR count). The number of nitrogens with zero attached hydrogens (tertiary/aromatic N) is 3. The summed E-state index contributed by atoms with van der Waals surface area (Å²) in [6.07, 6.45) is 2.19. The van der Waals surface area contributed by atoms with Gasteiger partial charge in [0.15, 0.2) is 0 Å². The van der Waals surface area contributed by atoms with Crippen LogP contribution in [0.4, 0.5) is 9.18 Å². The molecule has 0 saturated carbocycles. The average Bonchev–Trinajstić information content (AvgIpc) is 2.84. The van der Waals surface area contributed by atoms with Crippen LogP contribution in [0.1, 0.15) is 18.4 Å². The van der Waals surface area contributed by atoms with Crippen molar-refractivity contribution in [2.45, 2.75) is 24.3 Å². The number of hydrogen-bond donors (Lipinski definition) is 1. The number of nitrogens with one attached hydrogen (secondary N) is 1. The van der Waals surface area contributed by atoms with Crippen LogP contribution in [0.3, 0.4) is 0 Å². The molecule has 2 aromatic carbocycles. The summed E-state index contributed by atoms with van der Waals surface area (Å²) in [6, 6.07) is 15.6. The van der Waals surface area contributed by atoms with Gasteiger partial charge in [-0.2, -0.15) is 4.31 Å². The summed E-state index contributed by atoms with van der Waals surface area (Å²) in [7, 11) is -3.91. The minimum absolute atomic E-state index is 0.151. The molecule has 2 aliphatic rings. The number of amides is 2. The Morgan fingerprint density at radius 2 is 1.67 bits per heavy atom. The molecule has 0 radical (unpaired) electrons. The molecule has 33 heavy (non-hydrogen) atoms. The van der Waals surface area contributed by atoms with Gasteiger partial charge < -0.3 is 10.2 Å². The van der Waals surface area contributed by atoms with Gasteiger partial charge >= 0.3 is 6.03 Å². The monoisotopic (exact) mass is 474 g/mol. The lowest BCUT2D eigenvalue weighted by Crippen LogP contribution is -2.54. The molecule has 2 aliphatic heterocycles. The summed E-state index contributed by atoms with van der Waals surface area (Å²) in [5, 5.41) is 3.03. The molecule has 2 fully saturated rings. The summed E-state index contributed by atoms with van der Waals surface area (Å²) in [5.41, 5.74) is 1.30. The number of sulfonamides is 1. The smallest absolute Gasteiger partial charge is 0.317 e. The highest BCUT2D eigenvalue weighted by atomic mass is 32.2. The summed E-state index contributed by atoms with van der Waals surface area (Å²) >= 11 is 0. The maximum atomic E-state index is 14.0. The first kappa shape index (κ1) is 23.7. The third kappa shape index (κ3) is 5.90. The van der Waals surface area contributed by atoms with Crippen molar-refractivity contribution in [3.63, 3.8) is 0 Å². The highest BCUT2D eigenvalue weighted by molar-refractivity contribution is 7.89. The number of halogens is 1. The minimum atomic E-state index is -3.91. The van der Waals surface area contributed by atoms with Crippen molar-refractivity contribution in [1.82, 2.24) is 19.4 Å².